The molecule has 0 aliphatic carbocycles. The maximum absolute atomic E-state index is 11.5. The van der Waals surface area contributed by atoms with Gasteiger partial charge in [-0.05, 0) is 29.8 Å². The largest absolute Gasteiger partial charge is 0.352 e. The van der Waals surface area contributed by atoms with Crippen molar-refractivity contribution in [3.8, 4) is 11.1 Å². The van der Waals surface area contributed by atoms with Crippen LogP contribution in [0.5, 0.6) is 0 Å². The van der Waals surface area contributed by atoms with Crippen LogP contribution in [0.15, 0.2) is 48.8 Å². The van der Waals surface area contributed by atoms with Crippen LogP contribution in [0.4, 0.5) is 0 Å². The number of amides is 1. The number of nitrogens with one attached hydrogen (secondary N) is 2. The van der Waals surface area contributed by atoms with Gasteiger partial charge in [-0.15, -0.1) is 24.8 Å². The quantitative estimate of drug-likeness (QED) is 0.849. The number of halogens is 2. The van der Waals surface area contributed by atoms with Crippen LogP contribution in [-0.2, 0) is 11.3 Å². The lowest BCUT2D eigenvalue weighted by atomic mass is 10.1. The van der Waals surface area contributed by atoms with Crippen LogP contribution in [0.1, 0.15) is 12.0 Å². The highest BCUT2D eigenvalue weighted by atomic mass is 35.5. The van der Waals surface area contributed by atoms with Gasteiger partial charge in [0.2, 0.25) is 5.91 Å². The fraction of sp³-hybridized carbons (Fsp3) is 0.250. The lowest BCUT2D eigenvalue weighted by Crippen LogP contribution is -2.26. The van der Waals surface area contributed by atoms with E-state index in [4.69, 9.17) is 0 Å². The van der Waals surface area contributed by atoms with Crippen molar-refractivity contribution in [1.82, 2.24) is 15.6 Å². The zero-order valence-corrected chi connectivity index (χ0v) is 14.0. The van der Waals surface area contributed by atoms with Crippen molar-refractivity contribution in [3.05, 3.63) is 54.4 Å². The Morgan fingerprint density at radius 3 is 2.41 bits per heavy atom. The summed E-state index contributed by atoms with van der Waals surface area (Å²) >= 11 is 0. The molecule has 4 nitrogen and oxygen atoms in total. The molecular weight excluding hydrogens is 321 g/mol. The fourth-order valence-corrected chi connectivity index (χ4v) is 1.88. The van der Waals surface area contributed by atoms with Gasteiger partial charge in [0.15, 0.2) is 0 Å². The van der Waals surface area contributed by atoms with Crippen molar-refractivity contribution in [2.75, 3.05) is 13.6 Å². The first-order valence-corrected chi connectivity index (χ1v) is 6.70. The number of hydrogen-bond donors (Lipinski definition) is 2. The number of benzene rings is 1. The molecule has 0 aliphatic heterocycles. The molecule has 2 N–H and O–H groups in total. The summed E-state index contributed by atoms with van der Waals surface area (Å²) < 4.78 is 0. The number of pyridine rings is 1. The molecule has 0 unspecified atom stereocenters. The van der Waals surface area contributed by atoms with Crippen LogP contribution < -0.4 is 10.6 Å². The molecule has 2 rings (SSSR count). The number of rotatable bonds is 6. The predicted molar refractivity (Wildman–Crippen MR) is 94.6 cm³/mol. The van der Waals surface area contributed by atoms with Crippen molar-refractivity contribution in [2.24, 2.45) is 0 Å². The second kappa shape index (κ2) is 11.0. The summed E-state index contributed by atoms with van der Waals surface area (Å²) in [7, 11) is 1.84. The van der Waals surface area contributed by atoms with Gasteiger partial charge in [0.05, 0.1) is 0 Å². The zero-order chi connectivity index (χ0) is 14.2. The average Bonchev–Trinajstić information content (AvgIpc) is 2.52. The van der Waals surface area contributed by atoms with Crippen molar-refractivity contribution in [3.63, 3.8) is 0 Å². The van der Waals surface area contributed by atoms with E-state index in [2.05, 4.69) is 15.6 Å². The minimum Gasteiger partial charge on any atom is -0.352 e. The molecule has 120 valence electrons. The van der Waals surface area contributed by atoms with E-state index in [1.165, 1.54) is 0 Å². The molecule has 0 radical (unpaired) electrons. The average molecular weight is 342 g/mol. The Kier molecular flexibility index (Phi) is 10.2. The lowest BCUT2D eigenvalue weighted by Gasteiger charge is -2.06. The van der Waals surface area contributed by atoms with E-state index in [0.717, 1.165) is 16.7 Å². The van der Waals surface area contributed by atoms with Gasteiger partial charge in [0.1, 0.15) is 0 Å². The Labute approximate surface area is 143 Å². The molecule has 0 saturated carbocycles. The standard InChI is InChI=1S/C16H19N3O.2ClH/c1-17-10-8-16(20)19-11-13-4-6-14(7-5-13)15-3-2-9-18-12-15;;/h2-7,9,12,17H,8,10-11H2,1H3,(H,19,20);2*1H. The molecule has 1 heterocycles. The molecule has 6 heteroatoms. The van der Waals surface area contributed by atoms with Gasteiger partial charge < -0.3 is 10.6 Å². The van der Waals surface area contributed by atoms with Gasteiger partial charge in [-0.25, -0.2) is 0 Å². The molecule has 0 atom stereocenters. The molecule has 1 amide bonds. The van der Waals surface area contributed by atoms with Crippen LogP contribution in [0.25, 0.3) is 11.1 Å². The molecule has 22 heavy (non-hydrogen) atoms. The monoisotopic (exact) mass is 341 g/mol. The summed E-state index contributed by atoms with van der Waals surface area (Å²) in [5.74, 6) is 0.0654. The van der Waals surface area contributed by atoms with E-state index in [0.29, 0.717) is 19.5 Å². The molecule has 1 aromatic heterocycles. The molecular formula is C16H21Cl2N3O. The Balaban J connectivity index is 0.00000220. The van der Waals surface area contributed by atoms with E-state index in [9.17, 15) is 4.79 Å². The number of aromatic nitrogens is 1. The van der Waals surface area contributed by atoms with Gasteiger partial charge >= 0.3 is 0 Å². The van der Waals surface area contributed by atoms with Crippen LogP contribution in [0.3, 0.4) is 0 Å². The molecule has 0 saturated heterocycles. The number of carbonyl (C=O) groups excluding carboxylic acids is 1. The van der Waals surface area contributed by atoms with E-state index in [-0.39, 0.29) is 30.7 Å². The van der Waals surface area contributed by atoms with Crippen molar-refractivity contribution < 1.29 is 4.79 Å². The zero-order valence-electron chi connectivity index (χ0n) is 12.4. The summed E-state index contributed by atoms with van der Waals surface area (Å²) in [6.07, 6.45) is 4.11. The van der Waals surface area contributed by atoms with Crippen molar-refractivity contribution in [1.29, 1.82) is 0 Å². The Hall–Kier alpha value is -1.62. The SMILES string of the molecule is CNCCC(=O)NCc1ccc(-c2cccnc2)cc1.Cl.Cl. The number of hydrogen-bond acceptors (Lipinski definition) is 3. The highest BCUT2D eigenvalue weighted by molar-refractivity contribution is 5.85. The summed E-state index contributed by atoms with van der Waals surface area (Å²) in [6.45, 7) is 1.27. The van der Waals surface area contributed by atoms with Crippen LogP contribution in [0.2, 0.25) is 0 Å². The van der Waals surface area contributed by atoms with E-state index < -0.39 is 0 Å². The maximum Gasteiger partial charge on any atom is 0.221 e. The van der Waals surface area contributed by atoms with Crippen LogP contribution in [0, 0.1) is 0 Å². The van der Waals surface area contributed by atoms with E-state index >= 15 is 0 Å². The molecule has 2 aromatic rings. The summed E-state index contributed by atoms with van der Waals surface area (Å²) in [4.78, 5) is 15.6. The van der Waals surface area contributed by atoms with E-state index in [1.54, 1.807) is 6.20 Å². The topological polar surface area (TPSA) is 54.0 Å². The van der Waals surface area contributed by atoms with Crippen molar-refractivity contribution in [2.45, 2.75) is 13.0 Å². The summed E-state index contributed by atoms with van der Waals surface area (Å²) in [5.41, 5.74) is 3.32. The summed E-state index contributed by atoms with van der Waals surface area (Å²) in [6, 6.07) is 12.1. The second-order valence-corrected chi connectivity index (χ2v) is 4.57. The van der Waals surface area contributed by atoms with Gasteiger partial charge in [0.25, 0.3) is 0 Å². The molecule has 0 bridgehead atoms. The number of carbonyl (C=O) groups is 1. The minimum absolute atomic E-state index is 0. The van der Waals surface area contributed by atoms with Gasteiger partial charge in [0, 0.05) is 31.9 Å². The third-order valence-corrected chi connectivity index (χ3v) is 3.04. The van der Waals surface area contributed by atoms with Crippen LogP contribution >= 0.6 is 24.8 Å². The van der Waals surface area contributed by atoms with Gasteiger partial charge in [-0.3, -0.25) is 9.78 Å². The molecule has 0 spiro atoms. The minimum atomic E-state index is 0. The van der Waals surface area contributed by atoms with Crippen molar-refractivity contribution >= 4 is 30.7 Å². The first kappa shape index (κ1) is 20.4. The third kappa shape index (κ3) is 6.43. The second-order valence-electron chi connectivity index (χ2n) is 4.57. The van der Waals surface area contributed by atoms with Gasteiger partial charge in [-0.2, -0.15) is 0 Å². The van der Waals surface area contributed by atoms with Crippen LogP contribution in [-0.4, -0.2) is 24.5 Å². The highest BCUT2D eigenvalue weighted by Gasteiger charge is 2.01. The van der Waals surface area contributed by atoms with Gasteiger partial charge in [-0.1, -0.05) is 30.3 Å². The highest BCUT2D eigenvalue weighted by Crippen LogP contribution is 2.18. The number of nitrogens with zero attached hydrogens (tertiary/aromatic N) is 1. The Morgan fingerprint density at radius 1 is 1.09 bits per heavy atom. The molecule has 0 fully saturated rings. The maximum atomic E-state index is 11.5. The normalized spacial score (nSPS) is 9.32. The first-order chi connectivity index (χ1) is 9.79. The molecule has 1 aromatic carbocycles. The lowest BCUT2D eigenvalue weighted by molar-refractivity contribution is -0.121. The fourth-order valence-electron chi connectivity index (χ4n) is 1.88. The summed E-state index contributed by atoms with van der Waals surface area (Å²) in [5, 5.41) is 5.86. The predicted octanol–water partition coefficient (Wildman–Crippen LogP) is 2.82. The van der Waals surface area contributed by atoms with E-state index in [1.807, 2.05) is 49.6 Å². The third-order valence-electron chi connectivity index (χ3n) is 3.04. The Bertz CT molecular complexity index is 547. The first-order valence-electron chi connectivity index (χ1n) is 6.70. The smallest absolute Gasteiger partial charge is 0.221 e. The molecule has 0 aliphatic rings. The Morgan fingerprint density at radius 2 is 1.82 bits per heavy atom.